The normalized spacial score (nSPS) is 11.9. The third-order valence-electron chi connectivity index (χ3n) is 2.38. The lowest BCUT2D eigenvalue weighted by atomic mass is 9.86. The number of aromatic nitrogens is 1. The van der Waals surface area contributed by atoms with Gasteiger partial charge in [-0.2, -0.15) is 0 Å². The summed E-state index contributed by atoms with van der Waals surface area (Å²) in [6.07, 6.45) is 3.75. The molecule has 3 heteroatoms. The van der Waals surface area contributed by atoms with Crippen LogP contribution in [0.2, 0.25) is 0 Å². The zero-order chi connectivity index (χ0) is 11.5. The van der Waals surface area contributed by atoms with E-state index in [1.54, 1.807) is 6.20 Å². The summed E-state index contributed by atoms with van der Waals surface area (Å²) in [5.41, 5.74) is 6.78. The van der Waals surface area contributed by atoms with Crippen molar-refractivity contribution in [2.75, 3.05) is 6.54 Å². The second kappa shape index (κ2) is 4.62. The third kappa shape index (κ3) is 3.20. The molecule has 0 fully saturated rings. The molecule has 0 amide bonds. The fourth-order valence-electron chi connectivity index (χ4n) is 1.24. The first-order valence-electron chi connectivity index (χ1n) is 5.28. The molecule has 0 saturated heterocycles. The van der Waals surface area contributed by atoms with Crippen LogP contribution in [-0.4, -0.2) is 17.6 Å². The maximum Gasteiger partial charge on any atom is 0.138 e. The van der Waals surface area contributed by atoms with Gasteiger partial charge in [0, 0.05) is 18.2 Å². The molecule has 0 radical (unpaired) electrons. The molecule has 0 atom stereocenters. The highest BCUT2D eigenvalue weighted by atomic mass is 16.5. The monoisotopic (exact) mass is 208 g/mol. The maximum atomic E-state index is 5.72. The Bertz CT molecular complexity index is 321. The number of nitrogens with zero attached hydrogens (tertiary/aromatic N) is 1. The van der Waals surface area contributed by atoms with E-state index in [-0.39, 0.29) is 11.5 Å². The van der Waals surface area contributed by atoms with Crippen molar-refractivity contribution >= 4 is 0 Å². The average Bonchev–Trinajstić information content (AvgIpc) is 2.17. The van der Waals surface area contributed by atoms with Crippen LogP contribution in [0.1, 0.15) is 33.3 Å². The molecule has 0 bridgehead atoms. The van der Waals surface area contributed by atoms with Crippen LogP contribution < -0.4 is 10.5 Å². The largest absolute Gasteiger partial charge is 0.489 e. The van der Waals surface area contributed by atoms with Gasteiger partial charge in [0.05, 0.1) is 12.3 Å². The first-order chi connectivity index (χ1) is 6.95. The Hall–Kier alpha value is -1.09. The van der Waals surface area contributed by atoms with E-state index in [0.29, 0.717) is 6.54 Å². The van der Waals surface area contributed by atoms with E-state index in [9.17, 15) is 0 Å². The number of nitrogens with two attached hydrogens (primary N) is 1. The lowest BCUT2D eigenvalue weighted by molar-refractivity contribution is 0.241. The van der Waals surface area contributed by atoms with Crippen LogP contribution in [0.25, 0.3) is 0 Å². The van der Waals surface area contributed by atoms with Gasteiger partial charge in [-0.15, -0.1) is 0 Å². The molecule has 0 unspecified atom stereocenters. The van der Waals surface area contributed by atoms with Crippen LogP contribution in [0.4, 0.5) is 0 Å². The highest BCUT2D eigenvalue weighted by Crippen LogP contribution is 2.24. The molecule has 84 valence electrons. The van der Waals surface area contributed by atoms with E-state index in [1.807, 2.05) is 26.1 Å². The number of rotatable bonds is 4. The van der Waals surface area contributed by atoms with Crippen molar-refractivity contribution in [1.29, 1.82) is 0 Å². The maximum absolute atomic E-state index is 5.72. The first-order valence-corrected chi connectivity index (χ1v) is 5.28. The van der Waals surface area contributed by atoms with Crippen LogP contribution in [0, 0.1) is 0 Å². The summed E-state index contributed by atoms with van der Waals surface area (Å²) in [6.45, 7) is 8.80. The molecule has 0 aliphatic rings. The average molecular weight is 208 g/mol. The number of hydrogen-bond donors (Lipinski definition) is 1. The van der Waals surface area contributed by atoms with Crippen molar-refractivity contribution < 1.29 is 4.74 Å². The van der Waals surface area contributed by atoms with Gasteiger partial charge in [-0.25, -0.2) is 0 Å². The molecule has 2 N–H and O–H groups in total. The summed E-state index contributed by atoms with van der Waals surface area (Å²) in [5.74, 6) is 0.809. The van der Waals surface area contributed by atoms with Crippen molar-refractivity contribution in [2.45, 2.75) is 39.2 Å². The minimum absolute atomic E-state index is 0.0522. The Kier molecular flexibility index (Phi) is 3.69. The van der Waals surface area contributed by atoms with Gasteiger partial charge in [-0.3, -0.25) is 4.98 Å². The second-order valence-corrected chi connectivity index (χ2v) is 4.66. The summed E-state index contributed by atoms with van der Waals surface area (Å²) in [7, 11) is 0. The smallest absolute Gasteiger partial charge is 0.138 e. The Labute approximate surface area is 91.7 Å². The summed E-state index contributed by atoms with van der Waals surface area (Å²) < 4.78 is 5.59. The lowest BCUT2D eigenvalue weighted by Gasteiger charge is -2.23. The molecule has 1 aromatic heterocycles. The fourth-order valence-corrected chi connectivity index (χ4v) is 1.24. The van der Waals surface area contributed by atoms with Crippen LogP contribution >= 0.6 is 0 Å². The predicted octanol–water partition coefficient (Wildman–Crippen LogP) is 2.11. The Balaban J connectivity index is 2.92. The van der Waals surface area contributed by atoms with Gasteiger partial charge in [0.15, 0.2) is 0 Å². The topological polar surface area (TPSA) is 48.1 Å². The fraction of sp³-hybridized carbons (Fsp3) is 0.583. The van der Waals surface area contributed by atoms with E-state index < -0.39 is 0 Å². The quantitative estimate of drug-likeness (QED) is 0.824. The van der Waals surface area contributed by atoms with Gasteiger partial charge >= 0.3 is 0 Å². The van der Waals surface area contributed by atoms with E-state index in [2.05, 4.69) is 18.8 Å². The molecule has 0 spiro atoms. The van der Waals surface area contributed by atoms with Crippen LogP contribution in [0.3, 0.4) is 0 Å². The highest BCUT2D eigenvalue weighted by Gasteiger charge is 2.19. The van der Waals surface area contributed by atoms with Gasteiger partial charge in [0.25, 0.3) is 0 Å². The van der Waals surface area contributed by atoms with Gasteiger partial charge in [0.2, 0.25) is 0 Å². The Morgan fingerprint density at radius 3 is 2.60 bits per heavy atom. The SMILES string of the molecule is CC(C)Oc1cncc(C(C)(C)CN)c1. The zero-order valence-corrected chi connectivity index (χ0v) is 9.95. The Morgan fingerprint density at radius 2 is 2.07 bits per heavy atom. The number of pyridine rings is 1. The minimum Gasteiger partial charge on any atom is -0.489 e. The standard InChI is InChI=1S/C12H20N2O/c1-9(2)15-11-5-10(6-14-7-11)12(3,4)8-13/h5-7,9H,8,13H2,1-4H3. The van der Waals surface area contributed by atoms with Crippen molar-refractivity contribution in [1.82, 2.24) is 4.98 Å². The molecule has 1 aromatic rings. The highest BCUT2D eigenvalue weighted by molar-refractivity contribution is 5.29. The lowest BCUT2D eigenvalue weighted by Crippen LogP contribution is -2.28. The molecule has 0 aliphatic heterocycles. The first kappa shape index (κ1) is 12.0. The van der Waals surface area contributed by atoms with Crippen LogP contribution in [0.5, 0.6) is 5.75 Å². The number of ether oxygens (including phenoxy) is 1. The summed E-state index contributed by atoms with van der Waals surface area (Å²) in [6, 6.07) is 2.01. The molecule has 0 aromatic carbocycles. The van der Waals surface area contributed by atoms with Gasteiger partial charge in [-0.1, -0.05) is 13.8 Å². The third-order valence-corrected chi connectivity index (χ3v) is 2.38. The molecule has 1 heterocycles. The molecular formula is C12H20N2O. The molecule has 3 nitrogen and oxygen atoms in total. The summed E-state index contributed by atoms with van der Waals surface area (Å²) in [5, 5.41) is 0. The molecule has 0 saturated carbocycles. The summed E-state index contributed by atoms with van der Waals surface area (Å²) >= 11 is 0. The molecular weight excluding hydrogens is 188 g/mol. The van der Waals surface area contributed by atoms with Gasteiger partial charge in [0.1, 0.15) is 5.75 Å². The second-order valence-electron chi connectivity index (χ2n) is 4.66. The Morgan fingerprint density at radius 1 is 1.40 bits per heavy atom. The van der Waals surface area contributed by atoms with Crippen LogP contribution in [-0.2, 0) is 5.41 Å². The van der Waals surface area contributed by atoms with Gasteiger partial charge < -0.3 is 10.5 Å². The van der Waals surface area contributed by atoms with E-state index in [0.717, 1.165) is 11.3 Å². The zero-order valence-electron chi connectivity index (χ0n) is 9.95. The minimum atomic E-state index is -0.0522. The molecule has 0 aliphatic carbocycles. The van der Waals surface area contributed by atoms with Crippen molar-refractivity contribution in [3.05, 3.63) is 24.0 Å². The van der Waals surface area contributed by atoms with Crippen molar-refractivity contribution in [3.8, 4) is 5.75 Å². The van der Waals surface area contributed by atoms with E-state index >= 15 is 0 Å². The molecule has 1 rings (SSSR count). The van der Waals surface area contributed by atoms with E-state index in [1.165, 1.54) is 0 Å². The number of hydrogen-bond acceptors (Lipinski definition) is 3. The van der Waals surface area contributed by atoms with Crippen molar-refractivity contribution in [3.63, 3.8) is 0 Å². The molecule has 15 heavy (non-hydrogen) atoms. The van der Waals surface area contributed by atoms with Gasteiger partial charge in [-0.05, 0) is 25.5 Å². The van der Waals surface area contributed by atoms with Crippen LogP contribution in [0.15, 0.2) is 18.5 Å². The predicted molar refractivity (Wildman–Crippen MR) is 62.1 cm³/mol. The van der Waals surface area contributed by atoms with Crippen molar-refractivity contribution in [2.24, 2.45) is 5.73 Å². The summed E-state index contributed by atoms with van der Waals surface area (Å²) in [4.78, 5) is 4.17. The van der Waals surface area contributed by atoms with E-state index in [4.69, 9.17) is 10.5 Å².